The number of hydrogen-bond donors (Lipinski definition) is 3. The Morgan fingerprint density at radius 1 is 1.04 bits per heavy atom. The molecule has 0 saturated carbocycles. The van der Waals surface area contributed by atoms with Crippen LogP contribution in [0, 0.1) is 0 Å². The molecule has 3 N–H and O–H groups in total. The number of benzene rings is 2. The van der Waals surface area contributed by atoms with E-state index in [1.165, 1.54) is 0 Å². The van der Waals surface area contributed by atoms with Gasteiger partial charge in [-0.25, -0.2) is 0 Å². The van der Waals surface area contributed by atoms with E-state index >= 15 is 0 Å². The Kier molecular flexibility index (Phi) is 6.37. The van der Waals surface area contributed by atoms with Crippen LogP contribution in [0.3, 0.4) is 0 Å². The van der Waals surface area contributed by atoms with E-state index in [0.29, 0.717) is 11.3 Å². The Morgan fingerprint density at radius 2 is 1.75 bits per heavy atom. The van der Waals surface area contributed by atoms with Gasteiger partial charge < -0.3 is 16.0 Å². The van der Waals surface area contributed by atoms with Gasteiger partial charge in [0, 0.05) is 27.5 Å². The Balaban J connectivity index is 1.93. The van der Waals surface area contributed by atoms with Crippen molar-refractivity contribution in [1.29, 1.82) is 0 Å². The fourth-order valence-corrected chi connectivity index (χ4v) is 2.47. The molecule has 0 heterocycles. The molecule has 0 aliphatic rings. The third-order valence-electron chi connectivity index (χ3n) is 3.11. The Morgan fingerprint density at radius 3 is 2.46 bits per heavy atom. The summed E-state index contributed by atoms with van der Waals surface area (Å²) in [5.41, 5.74) is 1.96. The highest BCUT2D eigenvalue weighted by atomic mass is 79.9. The van der Waals surface area contributed by atoms with E-state index in [2.05, 4.69) is 31.9 Å². The molecule has 0 bridgehead atoms. The smallest absolute Gasteiger partial charge is 0.251 e. The number of hydrogen-bond acceptors (Lipinski definition) is 3. The monoisotopic (exact) mass is 389 g/mol. The SMILES string of the molecule is CC(C)NC(=O)c1cccc(NC(=O)CNc2cccc(Br)c2)c1. The van der Waals surface area contributed by atoms with Crippen LogP contribution in [-0.2, 0) is 4.79 Å². The molecule has 0 spiro atoms. The maximum Gasteiger partial charge on any atom is 0.251 e. The van der Waals surface area contributed by atoms with Crippen LogP contribution < -0.4 is 16.0 Å². The van der Waals surface area contributed by atoms with Gasteiger partial charge in [-0.3, -0.25) is 9.59 Å². The minimum absolute atomic E-state index is 0.0603. The molecule has 0 fully saturated rings. The quantitative estimate of drug-likeness (QED) is 0.706. The van der Waals surface area contributed by atoms with Crippen molar-refractivity contribution >= 4 is 39.1 Å². The van der Waals surface area contributed by atoms with Crippen LogP contribution in [0.15, 0.2) is 53.0 Å². The molecule has 0 aliphatic heterocycles. The lowest BCUT2D eigenvalue weighted by Crippen LogP contribution is -2.30. The molecule has 24 heavy (non-hydrogen) atoms. The molecular formula is C18H20BrN3O2. The summed E-state index contributed by atoms with van der Waals surface area (Å²) in [4.78, 5) is 24.0. The van der Waals surface area contributed by atoms with Crippen molar-refractivity contribution in [3.8, 4) is 0 Å². The van der Waals surface area contributed by atoms with Gasteiger partial charge in [-0.05, 0) is 50.2 Å². The average molecular weight is 390 g/mol. The zero-order valence-corrected chi connectivity index (χ0v) is 15.2. The van der Waals surface area contributed by atoms with Gasteiger partial charge in [0.15, 0.2) is 0 Å². The molecule has 2 amide bonds. The van der Waals surface area contributed by atoms with Crippen LogP contribution in [-0.4, -0.2) is 24.4 Å². The number of nitrogens with one attached hydrogen (secondary N) is 3. The minimum Gasteiger partial charge on any atom is -0.376 e. The number of anilines is 2. The topological polar surface area (TPSA) is 70.2 Å². The first-order valence-corrected chi connectivity index (χ1v) is 8.43. The molecule has 126 valence electrons. The molecule has 0 aliphatic carbocycles. The molecule has 5 nitrogen and oxygen atoms in total. The lowest BCUT2D eigenvalue weighted by molar-refractivity contribution is -0.114. The van der Waals surface area contributed by atoms with Crippen molar-refractivity contribution in [2.45, 2.75) is 19.9 Å². The number of amides is 2. The van der Waals surface area contributed by atoms with Crippen molar-refractivity contribution in [3.05, 3.63) is 58.6 Å². The summed E-state index contributed by atoms with van der Waals surface area (Å²) in [6.07, 6.45) is 0. The summed E-state index contributed by atoms with van der Waals surface area (Å²) in [6, 6.07) is 14.5. The van der Waals surface area contributed by atoms with E-state index in [1.807, 2.05) is 38.1 Å². The maximum absolute atomic E-state index is 12.0. The molecule has 0 atom stereocenters. The molecule has 0 aromatic heterocycles. The lowest BCUT2D eigenvalue weighted by atomic mass is 10.1. The molecule has 6 heteroatoms. The molecule has 2 aromatic rings. The van der Waals surface area contributed by atoms with Crippen molar-refractivity contribution in [3.63, 3.8) is 0 Å². The molecule has 0 saturated heterocycles. The van der Waals surface area contributed by atoms with Gasteiger partial charge in [0.25, 0.3) is 5.91 Å². The predicted molar refractivity (Wildman–Crippen MR) is 100 cm³/mol. The average Bonchev–Trinajstić information content (AvgIpc) is 2.53. The number of carbonyl (C=O) groups is 2. The second kappa shape index (κ2) is 8.49. The Bertz CT molecular complexity index is 732. The van der Waals surface area contributed by atoms with Crippen LogP contribution in [0.2, 0.25) is 0 Å². The highest BCUT2D eigenvalue weighted by molar-refractivity contribution is 9.10. The van der Waals surface area contributed by atoms with Crippen molar-refractivity contribution in [1.82, 2.24) is 5.32 Å². The van der Waals surface area contributed by atoms with E-state index in [9.17, 15) is 9.59 Å². The highest BCUT2D eigenvalue weighted by Gasteiger charge is 2.09. The standard InChI is InChI=1S/C18H20BrN3O2/c1-12(2)21-18(24)13-5-3-8-16(9-13)22-17(23)11-20-15-7-4-6-14(19)10-15/h3-10,12,20H,11H2,1-2H3,(H,21,24)(H,22,23). The highest BCUT2D eigenvalue weighted by Crippen LogP contribution is 2.15. The van der Waals surface area contributed by atoms with E-state index < -0.39 is 0 Å². The summed E-state index contributed by atoms with van der Waals surface area (Å²) >= 11 is 3.38. The summed E-state index contributed by atoms with van der Waals surface area (Å²) in [6.45, 7) is 3.94. The van der Waals surface area contributed by atoms with Gasteiger partial charge in [-0.1, -0.05) is 28.1 Å². The molecule has 2 aromatic carbocycles. The van der Waals surface area contributed by atoms with Gasteiger partial charge in [0.2, 0.25) is 5.91 Å². The predicted octanol–water partition coefficient (Wildman–Crippen LogP) is 3.64. The van der Waals surface area contributed by atoms with Crippen LogP contribution in [0.25, 0.3) is 0 Å². The first kappa shape index (κ1) is 18.0. The Hall–Kier alpha value is -2.34. The van der Waals surface area contributed by atoms with E-state index in [4.69, 9.17) is 0 Å². The fraction of sp³-hybridized carbons (Fsp3) is 0.222. The van der Waals surface area contributed by atoms with E-state index in [-0.39, 0.29) is 24.4 Å². The van der Waals surface area contributed by atoms with E-state index in [1.54, 1.807) is 24.3 Å². The second-order valence-corrected chi connectivity index (χ2v) is 6.54. The van der Waals surface area contributed by atoms with Crippen molar-refractivity contribution in [2.75, 3.05) is 17.2 Å². The number of carbonyl (C=O) groups excluding carboxylic acids is 2. The van der Waals surface area contributed by atoms with Crippen molar-refractivity contribution < 1.29 is 9.59 Å². The van der Waals surface area contributed by atoms with Crippen LogP contribution in [0.5, 0.6) is 0 Å². The van der Waals surface area contributed by atoms with Gasteiger partial charge in [-0.2, -0.15) is 0 Å². The molecular weight excluding hydrogens is 370 g/mol. The first-order valence-electron chi connectivity index (χ1n) is 7.64. The van der Waals surface area contributed by atoms with Crippen LogP contribution >= 0.6 is 15.9 Å². The van der Waals surface area contributed by atoms with Gasteiger partial charge in [-0.15, -0.1) is 0 Å². The van der Waals surface area contributed by atoms with E-state index in [0.717, 1.165) is 10.2 Å². The lowest BCUT2D eigenvalue weighted by Gasteiger charge is -2.11. The zero-order chi connectivity index (χ0) is 17.5. The summed E-state index contributed by atoms with van der Waals surface area (Å²) in [7, 11) is 0. The molecule has 2 rings (SSSR count). The molecule has 0 radical (unpaired) electrons. The van der Waals surface area contributed by atoms with Gasteiger partial charge >= 0.3 is 0 Å². The van der Waals surface area contributed by atoms with Gasteiger partial charge in [0.1, 0.15) is 0 Å². The normalized spacial score (nSPS) is 10.3. The zero-order valence-electron chi connectivity index (χ0n) is 13.6. The third kappa shape index (κ3) is 5.70. The van der Waals surface area contributed by atoms with Crippen LogP contribution in [0.4, 0.5) is 11.4 Å². The minimum atomic E-state index is -0.184. The summed E-state index contributed by atoms with van der Waals surface area (Å²) in [5.74, 6) is -0.343. The first-order chi connectivity index (χ1) is 11.4. The van der Waals surface area contributed by atoms with Crippen molar-refractivity contribution in [2.24, 2.45) is 0 Å². The Labute approximate surface area is 150 Å². The number of halogens is 1. The fourth-order valence-electron chi connectivity index (χ4n) is 2.07. The second-order valence-electron chi connectivity index (χ2n) is 5.62. The molecule has 0 unspecified atom stereocenters. The summed E-state index contributed by atoms with van der Waals surface area (Å²) < 4.78 is 0.941. The summed E-state index contributed by atoms with van der Waals surface area (Å²) in [5, 5.41) is 8.65. The third-order valence-corrected chi connectivity index (χ3v) is 3.60. The van der Waals surface area contributed by atoms with Gasteiger partial charge in [0.05, 0.1) is 6.54 Å². The largest absolute Gasteiger partial charge is 0.376 e. The maximum atomic E-state index is 12.0. The van der Waals surface area contributed by atoms with Crippen LogP contribution in [0.1, 0.15) is 24.2 Å². The number of rotatable bonds is 6.